The highest BCUT2D eigenvalue weighted by atomic mass is 35.5. The second-order valence-electron chi connectivity index (χ2n) is 5.31. The van der Waals surface area contributed by atoms with Crippen LogP contribution in [0.25, 0.3) is 0 Å². The van der Waals surface area contributed by atoms with Crippen LogP contribution in [0.5, 0.6) is 0 Å². The number of nitriles is 1. The number of nitrogens with zero attached hydrogens (tertiary/aromatic N) is 1. The first-order valence-corrected chi connectivity index (χ1v) is 7.88. The molecule has 2 amide bonds. The molecule has 5 nitrogen and oxygen atoms in total. The summed E-state index contributed by atoms with van der Waals surface area (Å²) in [7, 11) is 0. The van der Waals surface area contributed by atoms with Gasteiger partial charge in [-0.25, -0.2) is 0 Å². The summed E-state index contributed by atoms with van der Waals surface area (Å²) in [6.07, 6.45) is 1.32. The van der Waals surface area contributed by atoms with Crippen molar-refractivity contribution in [3.63, 3.8) is 0 Å². The van der Waals surface area contributed by atoms with Crippen LogP contribution in [-0.2, 0) is 16.0 Å². The Kier molecular flexibility index (Phi) is 6.33. The van der Waals surface area contributed by atoms with Gasteiger partial charge in [0.1, 0.15) is 11.6 Å². The smallest absolute Gasteiger partial charge is 0.270 e. The lowest BCUT2D eigenvalue weighted by Gasteiger charge is -2.07. The molecule has 0 fully saturated rings. The number of carbonyl (C=O) groups excluding carboxylic acids is 2. The number of benzene rings is 2. The lowest BCUT2D eigenvalue weighted by atomic mass is 10.1. The Hall–Kier alpha value is -3.10. The highest BCUT2D eigenvalue weighted by molar-refractivity contribution is 6.30. The van der Waals surface area contributed by atoms with Crippen molar-refractivity contribution in [1.82, 2.24) is 5.32 Å². The predicted molar refractivity (Wildman–Crippen MR) is 96.8 cm³/mol. The Morgan fingerprint density at radius 3 is 2.60 bits per heavy atom. The van der Waals surface area contributed by atoms with Gasteiger partial charge in [0.25, 0.3) is 5.91 Å². The van der Waals surface area contributed by atoms with Gasteiger partial charge in [0.15, 0.2) is 0 Å². The van der Waals surface area contributed by atoms with Crippen LogP contribution in [0.3, 0.4) is 0 Å². The van der Waals surface area contributed by atoms with Crippen molar-refractivity contribution in [3.05, 3.63) is 76.5 Å². The van der Waals surface area contributed by atoms with E-state index in [1.807, 2.05) is 31.2 Å². The van der Waals surface area contributed by atoms with Gasteiger partial charge in [-0.15, -0.1) is 0 Å². The maximum Gasteiger partial charge on any atom is 0.270 e. The normalized spacial score (nSPS) is 10.7. The van der Waals surface area contributed by atoms with Gasteiger partial charge in [-0.2, -0.15) is 5.26 Å². The van der Waals surface area contributed by atoms with Crippen molar-refractivity contribution in [1.29, 1.82) is 5.26 Å². The number of hydrogen-bond acceptors (Lipinski definition) is 4. The van der Waals surface area contributed by atoms with Gasteiger partial charge in [0, 0.05) is 16.9 Å². The van der Waals surface area contributed by atoms with Crippen LogP contribution in [0.15, 0.2) is 60.3 Å². The fourth-order valence-corrected chi connectivity index (χ4v) is 2.24. The minimum atomic E-state index is -0.754. The van der Waals surface area contributed by atoms with Crippen molar-refractivity contribution in [3.8, 4) is 6.07 Å². The molecule has 0 radical (unpaired) electrons. The van der Waals surface area contributed by atoms with Crippen LogP contribution in [0, 0.1) is 18.3 Å². The SMILES string of the molecule is Cc1ccc(Cl)cc1N/C=C(\C#N)C(=O)NC(=O)Cc1ccccc1. The van der Waals surface area contributed by atoms with Gasteiger partial charge in [0.2, 0.25) is 5.91 Å². The Morgan fingerprint density at radius 1 is 1.20 bits per heavy atom. The third kappa shape index (κ3) is 5.48. The average molecular weight is 354 g/mol. The van der Waals surface area contributed by atoms with E-state index in [9.17, 15) is 9.59 Å². The Morgan fingerprint density at radius 2 is 1.92 bits per heavy atom. The molecule has 25 heavy (non-hydrogen) atoms. The van der Waals surface area contributed by atoms with Crippen LogP contribution in [0.1, 0.15) is 11.1 Å². The monoisotopic (exact) mass is 353 g/mol. The van der Waals surface area contributed by atoms with E-state index < -0.39 is 11.8 Å². The number of nitrogens with one attached hydrogen (secondary N) is 2. The molecule has 0 aliphatic heterocycles. The molecule has 2 N–H and O–H groups in total. The molecule has 0 aliphatic carbocycles. The summed E-state index contributed by atoms with van der Waals surface area (Å²) in [6.45, 7) is 1.86. The van der Waals surface area contributed by atoms with E-state index in [2.05, 4.69) is 10.6 Å². The molecule has 0 saturated heterocycles. The molecule has 126 valence electrons. The van der Waals surface area contributed by atoms with Crippen LogP contribution < -0.4 is 10.6 Å². The van der Waals surface area contributed by atoms with E-state index in [0.29, 0.717) is 10.7 Å². The quantitative estimate of drug-likeness (QED) is 0.638. The number of aryl methyl sites for hydroxylation is 1. The second-order valence-corrected chi connectivity index (χ2v) is 5.75. The summed E-state index contributed by atoms with van der Waals surface area (Å²) in [6, 6.07) is 16.0. The third-order valence-corrected chi connectivity index (χ3v) is 3.63. The lowest BCUT2D eigenvalue weighted by molar-refractivity contribution is -0.127. The molecule has 0 aromatic heterocycles. The molecule has 2 aromatic rings. The lowest BCUT2D eigenvalue weighted by Crippen LogP contribution is -2.32. The van der Waals surface area contributed by atoms with Gasteiger partial charge in [-0.05, 0) is 30.2 Å². The van der Waals surface area contributed by atoms with E-state index >= 15 is 0 Å². The van der Waals surface area contributed by atoms with Gasteiger partial charge < -0.3 is 5.32 Å². The topological polar surface area (TPSA) is 82.0 Å². The Labute approximate surface area is 150 Å². The Balaban J connectivity index is 2.01. The first kappa shape index (κ1) is 18.2. The summed E-state index contributed by atoms with van der Waals surface area (Å²) < 4.78 is 0. The number of hydrogen-bond donors (Lipinski definition) is 2. The highest BCUT2D eigenvalue weighted by Crippen LogP contribution is 2.20. The van der Waals surface area contributed by atoms with E-state index in [-0.39, 0.29) is 12.0 Å². The first-order chi connectivity index (χ1) is 12.0. The number of carbonyl (C=O) groups is 2. The summed E-state index contributed by atoms with van der Waals surface area (Å²) in [5.41, 5.74) is 2.14. The molecule has 0 atom stereocenters. The fraction of sp³-hybridized carbons (Fsp3) is 0.105. The maximum absolute atomic E-state index is 12.1. The van der Waals surface area contributed by atoms with E-state index in [1.54, 1.807) is 30.3 Å². The number of halogens is 1. The number of amides is 2. The van der Waals surface area contributed by atoms with Crippen LogP contribution in [0.4, 0.5) is 5.69 Å². The average Bonchev–Trinajstić information content (AvgIpc) is 2.59. The zero-order valence-electron chi connectivity index (χ0n) is 13.5. The van der Waals surface area contributed by atoms with Gasteiger partial charge in [0.05, 0.1) is 6.42 Å². The van der Waals surface area contributed by atoms with Crippen molar-refractivity contribution >= 4 is 29.1 Å². The van der Waals surface area contributed by atoms with Crippen molar-refractivity contribution < 1.29 is 9.59 Å². The third-order valence-electron chi connectivity index (χ3n) is 3.40. The van der Waals surface area contributed by atoms with E-state index in [4.69, 9.17) is 16.9 Å². The minimum absolute atomic E-state index is 0.0616. The molecule has 0 bridgehead atoms. The zero-order chi connectivity index (χ0) is 18.2. The summed E-state index contributed by atoms with van der Waals surface area (Å²) >= 11 is 5.92. The maximum atomic E-state index is 12.1. The van der Waals surface area contributed by atoms with Crippen molar-refractivity contribution in [2.75, 3.05) is 5.32 Å². The summed E-state index contributed by atoms with van der Waals surface area (Å²) in [4.78, 5) is 24.0. The fourth-order valence-electron chi connectivity index (χ4n) is 2.07. The van der Waals surface area contributed by atoms with Crippen molar-refractivity contribution in [2.45, 2.75) is 13.3 Å². The first-order valence-electron chi connectivity index (χ1n) is 7.50. The summed E-state index contributed by atoms with van der Waals surface area (Å²) in [5.74, 6) is -1.23. The van der Waals surface area contributed by atoms with Gasteiger partial charge >= 0.3 is 0 Å². The molecule has 2 rings (SSSR count). The molecule has 0 saturated carbocycles. The standard InChI is InChI=1S/C19H16ClN3O2/c1-13-7-8-16(20)10-17(13)22-12-15(11-21)19(25)23-18(24)9-14-5-3-2-4-6-14/h2-8,10,12,22H,9H2,1H3,(H,23,24,25)/b15-12+. The number of rotatable bonds is 5. The molecular weight excluding hydrogens is 338 g/mol. The van der Waals surface area contributed by atoms with Gasteiger partial charge in [-0.3, -0.25) is 14.9 Å². The molecule has 0 unspecified atom stereocenters. The molecule has 0 aliphatic rings. The molecular formula is C19H16ClN3O2. The largest absolute Gasteiger partial charge is 0.360 e. The summed E-state index contributed by atoms with van der Waals surface area (Å²) in [5, 5.41) is 14.7. The molecule has 2 aromatic carbocycles. The van der Waals surface area contributed by atoms with Crippen LogP contribution in [0.2, 0.25) is 5.02 Å². The van der Waals surface area contributed by atoms with E-state index in [1.165, 1.54) is 6.20 Å². The Bertz CT molecular complexity index is 855. The molecule has 0 heterocycles. The van der Waals surface area contributed by atoms with Gasteiger partial charge in [-0.1, -0.05) is 48.0 Å². The van der Waals surface area contributed by atoms with Crippen LogP contribution in [-0.4, -0.2) is 11.8 Å². The second kappa shape index (κ2) is 8.67. The van der Waals surface area contributed by atoms with Crippen molar-refractivity contribution in [2.24, 2.45) is 0 Å². The van der Waals surface area contributed by atoms with E-state index in [0.717, 1.165) is 11.1 Å². The highest BCUT2D eigenvalue weighted by Gasteiger charge is 2.13. The zero-order valence-corrected chi connectivity index (χ0v) is 14.3. The molecule has 6 heteroatoms. The number of imide groups is 1. The molecule has 0 spiro atoms. The number of anilines is 1. The van der Waals surface area contributed by atoms with Crippen LogP contribution >= 0.6 is 11.6 Å². The minimum Gasteiger partial charge on any atom is -0.360 e. The predicted octanol–water partition coefficient (Wildman–Crippen LogP) is 3.35.